The van der Waals surface area contributed by atoms with Gasteiger partial charge in [-0.25, -0.2) is 4.39 Å². The van der Waals surface area contributed by atoms with Crippen molar-refractivity contribution in [2.45, 2.75) is 19.5 Å². The number of amides is 1. The lowest BCUT2D eigenvalue weighted by molar-refractivity contribution is -0.121. The zero-order valence-electron chi connectivity index (χ0n) is 15.4. The third-order valence-electron chi connectivity index (χ3n) is 5.12. The summed E-state index contributed by atoms with van der Waals surface area (Å²) in [6, 6.07) is 10.1. The smallest absolute Gasteiger partial charge is 0.275 e. The van der Waals surface area contributed by atoms with Crippen LogP contribution in [-0.2, 0) is 22.6 Å². The highest BCUT2D eigenvalue weighted by Crippen LogP contribution is 2.15. The molecule has 1 saturated heterocycles. The zero-order chi connectivity index (χ0) is 19.5. The molecule has 2 aromatic heterocycles. The first-order valence-corrected chi connectivity index (χ1v) is 9.38. The third-order valence-corrected chi connectivity index (χ3v) is 5.12. The molecule has 0 spiro atoms. The van der Waals surface area contributed by atoms with Gasteiger partial charge in [0.2, 0.25) is 5.91 Å². The summed E-state index contributed by atoms with van der Waals surface area (Å²) in [5.41, 5.74) is 0.701. The van der Waals surface area contributed by atoms with Gasteiger partial charge in [0.1, 0.15) is 17.9 Å². The van der Waals surface area contributed by atoms with Gasteiger partial charge in [-0.05, 0) is 24.6 Å². The van der Waals surface area contributed by atoms with Crippen LogP contribution >= 0.6 is 0 Å². The number of fused-ring (bicyclic) bond motifs is 1. The number of carbonyl (C=O) groups excluding carboxylic acids is 1. The lowest BCUT2D eigenvalue weighted by Crippen LogP contribution is -2.35. The second-order valence-corrected chi connectivity index (χ2v) is 7.12. The van der Waals surface area contributed by atoms with Crippen molar-refractivity contribution in [2.75, 3.05) is 19.8 Å². The quantitative estimate of drug-likeness (QED) is 0.709. The van der Waals surface area contributed by atoms with Gasteiger partial charge < -0.3 is 19.2 Å². The van der Waals surface area contributed by atoms with E-state index in [-0.39, 0.29) is 30.4 Å². The Morgan fingerprint density at radius 3 is 2.71 bits per heavy atom. The van der Waals surface area contributed by atoms with E-state index in [1.165, 1.54) is 10.6 Å². The van der Waals surface area contributed by atoms with Gasteiger partial charge in [0, 0.05) is 42.4 Å². The van der Waals surface area contributed by atoms with E-state index in [2.05, 4.69) is 5.32 Å². The van der Waals surface area contributed by atoms with Crippen LogP contribution in [0.15, 0.2) is 53.6 Å². The van der Waals surface area contributed by atoms with Gasteiger partial charge in [0.15, 0.2) is 0 Å². The first kappa shape index (κ1) is 18.4. The largest absolute Gasteiger partial charge is 0.381 e. The third kappa shape index (κ3) is 3.84. The fraction of sp³-hybridized carbons (Fsp3) is 0.333. The summed E-state index contributed by atoms with van der Waals surface area (Å²) in [7, 11) is 0. The number of hydrogen-bond acceptors (Lipinski definition) is 3. The summed E-state index contributed by atoms with van der Waals surface area (Å²) in [5.74, 6) is -0.183. The number of nitrogens with zero attached hydrogens (tertiary/aromatic N) is 2. The number of benzene rings is 1. The molecule has 28 heavy (non-hydrogen) atoms. The normalized spacial score (nSPS) is 16.5. The van der Waals surface area contributed by atoms with E-state index in [9.17, 15) is 14.0 Å². The molecule has 146 valence electrons. The van der Waals surface area contributed by atoms with Crippen molar-refractivity contribution in [3.05, 3.63) is 70.5 Å². The number of carbonyl (C=O) groups is 1. The van der Waals surface area contributed by atoms with Crippen LogP contribution in [-0.4, -0.2) is 34.8 Å². The molecular formula is C21H22FN3O3. The Morgan fingerprint density at radius 2 is 1.96 bits per heavy atom. The number of ether oxygens (including phenoxy) is 1. The minimum absolute atomic E-state index is 0.0484. The van der Waals surface area contributed by atoms with E-state index in [0.717, 1.165) is 18.4 Å². The molecule has 4 rings (SSSR count). The molecular weight excluding hydrogens is 361 g/mol. The lowest BCUT2D eigenvalue weighted by atomic mass is 10.1. The van der Waals surface area contributed by atoms with Crippen LogP contribution in [0.2, 0.25) is 0 Å². The Hall–Kier alpha value is -2.93. The van der Waals surface area contributed by atoms with E-state index in [1.807, 2.05) is 6.07 Å². The van der Waals surface area contributed by atoms with Crippen LogP contribution in [0, 0.1) is 11.7 Å². The van der Waals surface area contributed by atoms with Gasteiger partial charge in [0.05, 0.1) is 13.2 Å². The molecule has 1 unspecified atom stereocenters. The number of aromatic nitrogens is 2. The number of pyridine rings is 1. The highest BCUT2D eigenvalue weighted by molar-refractivity contribution is 5.80. The van der Waals surface area contributed by atoms with Gasteiger partial charge in [0.25, 0.3) is 5.56 Å². The Kier molecular flexibility index (Phi) is 5.25. The Balaban J connectivity index is 1.53. The molecule has 0 saturated carbocycles. The number of rotatable bonds is 6. The first-order chi connectivity index (χ1) is 13.6. The van der Waals surface area contributed by atoms with Crippen LogP contribution in [0.1, 0.15) is 12.0 Å². The van der Waals surface area contributed by atoms with Crippen molar-refractivity contribution in [2.24, 2.45) is 5.92 Å². The molecule has 3 heterocycles. The Labute approximate surface area is 161 Å². The summed E-state index contributed by atoms with van der Waals surface area (Å²) in [6.07, 6.45) is 4.33. The molecule has 3 aromatic rings. The molecule has 6 nitrogen and oxygen atoms in total. The van der Waals surface area contributed by atoms with Gasteiger partial charge in [-0.2, -0.15) is 0 Å². The molecule has 0 aliphatic carbocycles. The van der Waals surface area contributed by atoms with Crippen LogP contribution in [0.4, 0.5) is 4.39 Å². The molecule has 1 aliphatic rings. The van der Waals surface area contributed by atoms with E-state index in [1.54, 1.807) is 41.2 Å². The predicted octanol–water partition coefficient (Wildman–Crippen LogP) is 2.14. The Bertz CT molecular complexity index is 1050. The minimum atomic E-state index is -0.309. The number of halogens is 1. The molecule has 0 bridgehead atoms. The molecule has 1 amide bonds. The monoisotopic (exact) mass is 383 g/mol. The predicted molar refractivity (Wildman–Crippen MR) is 104 cm³/mol. The summed E-state index contributed by atoms with van der Waals surface area (Å²) in [5, 5.41) is 3.63. The molecule has 1 aliphatic heterocycles. The van der Waals surface area contributed by atoms with Crippen LogP contribution < -0.4 is 10.9 Å². The van der Waals surface area contributed by atoms with E-state index < -0.39 is 0 Å². The second-order valence-electron chi connectivity index (χ2n) is 7.12. The van der Waals surface area contributed by atoms with Crippen LogP contribution in [0.25, 0.3) is 10.9 Å². The van der Waals surface area contributed by atoms with Crippen molar-refractivity contribution in [3.63, 3.8) is 0 Å². The summed E-state index contributed by atoms with van der Waals surface area (Å²) < 4.78 is 22.4. The SMILES string of the molecule is O=C(Cn1ccc2ccn(Cc3ccccc3F)c2c1=O)NCC1CCOC1. The summed E-state index contributed by atoms with van der Waals surface area (Å²) in [6.45, 7) is 2.15. The number of nitrogens with one attached hydrogen (secondary N) is 1. The molecule has 1 fully saturated rings. The fourth-order valence-corrected chi connectivity index (χ4v) is 3.52. The van der Waals surface area contributed by atoms with E-state index in [0.29, 0.717) is 30.1 Å². The van der Waals surface area contributed by atoms with Crippen LogP contribution in [0.5, 0.6) is 0 Å². The molecule has 1 aromatic carbocycles. The summed E-state index contributed by atoms with van der Waals surface area (Å²) >= 11 is 0. The minimum Gasteiger partial charge on any atom is -0.381 e. The summed E-state index contributed by atoms with van der Waals surface area (Å²) in [4.78, 5) is 25.2. The fourth-order valence-electron chi connectivity index (χ4n) is 3.52. The average Bonchev–Trinajstić information content (AvgIpc) is 3.34. The van der Waals surface area contributed by atoms with Gasteiger partial charge in [-0.3, -0.25) is 9.59 Å². The van der Waals surface area contributed by atoms with Crippen molar-refractivity contribution in [3.8, 4) is 0 Å². The Morgan fingerprint density at radius 1 is 1.18 bits per heavy atom. The van der Waals surface area contributed by atoms with Gasteiger partial charge in [-0.15, -0.1) is 0 Å². The standard InChI is InChI=1S/C21H22FN3O3/c22-18-4-2-1-3-17(18)12-24-8-5-16-6-9-25(21(27)20(16)24)13-19(26)23-11-15-7-10-28-14-15/h1-6,8-9,15H,7,10-14H2,(H,23,26). The maximum Gasteiger partial charge on any atom is 0.275 e. The van der Waals surface area contributed by atoms with Crippen molar-refractivity contribution in [1.82, 2.24) is 14.5 Å². The van der Waals surface area contributed by atoms with Crippen molar-refractivity contribution in [1.29, 1.82) is 0 Å². The van der Waals surface area contributed by atoms with Crippen LogP contribution in [0.3, 0.4) is 0 Å². The average molecular weight is 383 g/mol. The topological polar surface area (TPSA) is 65.3 Å². The highest BCUT2D eigenvalue weighted by atomic mass is 19.1. The first-order valence-electron chi connectivity index (χ1n) is 9.38. The zero-order valence-corrected chi connectivity index (χ0v) is 15.4. The second kappa shape index (κ2) is 7.98. The van der Waals surface area contributed by atoms with Gasteiger partial charge in [-0.1, -0.05) is 18.2 Å². The molecule has 1 N–H and O–H groups in total. The van der Waals surface area contributed by atoms with Gasteiger partial charge >= 0.3 is 0 Å². The van der Waals surface area contributed by atoms with E-state index in [4.69, 9.17) is 4.74 Å². The maximum absolute atomic E-state index is 14.0. The highest BCUT2D eigenvalue weighted by Gasteiger charge is 2.17. The number of hydrogen-bond donors (Lipinski definition) is 1. The molecule has 1 atom stereocenters. The molecule has 0 radical (unpaired) electrons. The lowest BCUT2D eigenvalue weighted by Gasteiger charge is -2.11. The molecule has 7 heteroatoms. The van der Waals surface area contributed by atoms with E-state index >= 15 is 0 Å². The maximum atomic E-state index is 14.0. The van der Waals surface area contributed by atoms with Crippen molar-refractivity contribution >= 4 is 16.8 Å². The van der Waals surface area contributed by atoms with Crippen molar-refractivity contribution < 1.29 is 13.9 Å².